The number of amides is 1. The minimum absolute atomic E-state index is 0.0199. The number of carbonyl (C=O) groups excluding carboxylic acids is 1. The monoisotopic (exact) mass is 184 g/mol. The fourth-order valence-corrected chi connectivity index (χ4v) is 2.19. The molecule has 0 aromatic heterocycles. The van der Waals surface area contributed by atoms with Crippen LogP contribution in [0.15, 0.2) is 0 Å². The van der Waals surface area contributed by atoms with Gasteiger partial charge in [-0.1, -0.05) is 0 Å². The van der Waals surface area contributed by atoms with Gasteiger partial charge in [0.1, 0.15) is 0 Å². The Kier molecular flexibility index (Phi) is 2.26. The molecule has 0 spiro atoms. The highest BCUT2D eigenvalue weighted by Gasteiger charge is 2.56. The Labute approximate surface area is 77.7 Å². The fourth-order valence-electron chi connectivity index (χ4n) is 2.19. The van der Waals surface area contributed by atoms with Crippen molar-refractivity contribution in [3.8, 4) is 0 Å². The van der Waals surface area contributed by atoms with Gasteiger partial charge in [0.05, 0.1) is 6.61 Å². The molecule has 1 aliphatic heterocycles. The van der Waals surface area contributed by atoms with E-state index in [2.05, 4.69) is 10.6 Å². The number of piperidine rings is 1. The van der Waals surface area contributed by atoms with Gasteiger partial charge in [0.25, 0.3) is 0 Å². The van der Waals surface area contributed by atoms with Gasteiger partial charge >= 0.3 is 0 Å². The van der Waals surface area contributed by atoms with Crippen LogP contribution in [-0.4, -0.2) is 36.8 Å². The van der Waals surface area contributed by atoms with E-state index in [0.717, 1.165) is 13.1 Å². The van der Waals surface area contributed by atoms with Crippen LogP contribution >= 0.6 is 0 Å². The van der Waals surface area contributed by atoms with E-state index in [1.165, 1.54) is 0 Å². The van der Waals surface area contributed by atoms with E-state index in [0.29, 0.717) is 11.8 Å². The average Bonchev–Trinajstić information content (AvgIpc) is 2.61. The maximum Gasteiger partial charge on any atom is 0.224 e. The van der Waals surface area contributed by atoms with E-state index >= 15 is 0 Å². The summed E-state index contributed by atoms with van der Waals surface area (Å²) < 4.78 is 0. The molecule has 1 amide bonds. The molecule has 0 aromatic rings. The third kappa shape index (κ3) is 1.56. The Hall–Kier alpha value is -0.610. The third-order valence-corrected chi connectivity index (χ3v) is 3.06. The molecule has 1 saturated heterocycles. The molecule has 1 aliphatic carbocycles. The lowest BCUT2D eigenvalue weighted by molar-refractivity contribution is -0.123. The maximum absolute atomic E-state index is 11.5. The predicted molar refractivity (Wildman–Crippen MR) is 48.0 cm³/mol. The van der Waals surface area contributed by atoms with Crippen molar-refractivity contribution in [1.29, 1.82) is 0 Å². The van der Waals surface area contributed by atoms with Gasteiger partial charge in [-0.05, 0) is 31.8 Å². The summed E-state index contributed by atoms with van der Waals surface area (Å²) in [4.78, 5) is 11.5. The molecule has 74 valence electrons. The number of nitrogens with one attached hydrogen (secondary N) is 2. The molecule has 2 fully saturated rings. The van der Waals surface area contributed by atoms with E-state index in [9.17, 15) is 4.79 Å². The van der Waals surface area contributed by atoms with Crippen LogP contribution in [-0.2, 0) is 4.79 Å². The summed E-state index contributed by atoms with van der Waals surface area (Å²) in [5, 5.41) is 14.8. The second kappa shape index (κ2) is 3.27. The molecule has 4 heteroatoms. The molecule has 0 bridgehead atoms. The van der Waals surface area contributed by atoms with Gasteiger partial charge in [-0.3, -0.25) is 4.79 Å². The number of fused-ring (bicyclic) bond motifs is 1. The van der Waals surface area contributed by atoms with Crippen LogP contribution in [0.4, 0.5) is 0 Å². The Bertz CT molecular complexity index is 210. The minimum atomic E-state index is -0.109. The Morgan fingerprint density at radius 3 is 2.77 bits per heavy atom. The number of aliphatic hydroxyl groups is 1. The number of carbonyl (C=O) groups is 1. The molecule has 1 heterocycles. The molecular formula is C9H16N2O2. The molecule has 0 radical (unpaired) electrons. The molecule has 0 aromatic carbocycles. The number of hydrogen-bond acceptors (Lipinski definition) is 3. The van der Waals surface area contributed by atoms with Crippen LogP contribution < -0.4 is 10.6 Å². The van der Waals surface area contributed by atoms with Crippen molar-refractivity contribution >= 4 is 5.91 Å². The maximum atomic E-state index is 11.5. The highest BCUT2D eigenvalue weighted by Crippen LogP contribution is 2.48. The van der Waals surface area contributed by atoms with Crippen molar-refractivity contribution in [1.82, 2.24) is 10.6 Å². The average molecular weight is 184 g/mol. The van der Waals surface area contributed by atoms with Crippen LogP contribution in [0.5, 0.6) is 0 Å². The summed E-state index contributed by atoms with van der Waals surface area (Å²) in [5.41, 5.74) is 0. The van der Waals surface area contributed by atoms with Crippen LogP contribution in [0.25, 0.3) is 0 Å². The first-order chi connectivity index (χ1) is 6.24. The van der Waals surface area contributed by atoms with Gasteiger partial charge in [-0.25, -0.2) is 0 Å². The SMILES string of the molecule is CC(CO)NC(=O)C1[C@H]2CNC[C@@H]12. The second-order valence-electron chi connectivity index (χ2n) is 4.10. The molecule has 4 nitrogen and oxygen atoms in total. The van der Waals surface area contributed by atoms with Crippen LogP contribution in [0.2, 0.25) is 0 Å². The van der Waals surface area contributed by atoms with Crippen LogP contribution in [0, 0.1) is 17.8 Å². The van der Waals surface area contributed by atoms with E-state index in [1.54, 1.807) is 0 Å². The van der Waals surface area contributed by atoms with Gasteiger partial charge in [-0.15, -0.1) is 0 Å². The molecule has 3 N–H and O–H groups in total. The summed E-state index contributed by atoms with van der Waals surface area (Å²) in [5.74, 6) is 1.46. The Morgan fingerprint density at radius 1 is 1.62 bits per heavy atom. The largest absolute Gasteiger partial charge is 0.394 e. The topological polar surface area (TPSA) is 61.4 Å². The predicted octanol–water partition coefficient (Wildman–Crippen LogP) is -1.05. The zero-order chi connectivity index (χ0) is 9.42. The van der Waals surface area contributed by atoms with Gasteiger partial charge < -0.3 is 15.7 Å². The zero-order valence-electron chi connectivity index (χ0n) is 7.79. The summed E-state index contributed by atoms with van der Waals surface area (Å²) in [6, 6.07) is -0.109. The van der Waals surface area contributed by atoms with Crippen molar-refractivity contribution in [2.24, 2.45) is 17.8 Å². The normalized spacial score (nSPS) is 38.2. The molecular weight excluding hydrogens is 168 g/mol. The number of hydrogen-bond donors (Lipinski definition) is 3. The summed E-state index contributed by atoms with van der Waals surface area (Å²) >= 11 is 0. The lowest BCUT2D eigenvalue weighted by atomic mass is 10.2. The van der Waals surface area contributed by atoms with Crippen molar-refractivity contribution in [2.75, 3.05) is 19.7 Å². The summed E-state index contributed by atoms with van der Waals surface area (Å²) in [7, 11) is 0. The lowest BCUT2D eigenvalue weighted by Gasteiger charge is -2.11. The molecule has 2 rings (SSSR count). The smallest absolute Gasteiger partial charge is 0.224 e. The van der Waals surface area contributed by atoms with Gasteiger partial charge in [0, 0.05) is 12.0 Å². The van der Waals surface area contributed by atoms with Crippen LogP contribution in [0.3, 0.4) is 0 Å². The molecule has 2 aliphatic rings. The molecule has 1 saturated carbocycles. The molecule has 4 atom stereocenters. The van der Waals surface area contributed by atoms with Gasteiger partial charge in [0.2, 0.25) is 5.91 Å². The number of rotatable bonds is 3. The minimum Gasteiger partial charge on any atom is -0.394 e. The number of aliphatic hydroxyl groups excluding tert-OH is 1. The molecule has 2 unspecified atom stereocenters. The summed E-state index contributed by atoms with van der Waals surface area (Å²) in [6.45, 7) is 3.80. The van der Waals surface area contributed by atoms with Crippen molar-refractivity contribution < 1.29 is 9.90 Å². The van der Waals surface area contributed by atoms with E-state index in [-0.39, 0.29) is 24.5 Å². The highest BCUT2D eigenvalue weighted by atomic mass is 16.3. The first kappa shape index (κ1) is 8.97. The van der Waals surface area contributed by atoms with Crippen molar-refractivity contribution in [3.63, 3.8) is 0 Å². The third-order valence-electron chi connectivity index (χ3n) is 3.06. The van der Waals surface area contributed by atoms with Gasteiger partial charge in [-0.2, -0.15) is 0 Å². The van der Waals surface area contributed by atoms with E-state index in [1.807, 2.05) is 6.92 Å². The van der Waals surface area contributed by atoms with Gasteiger partial charge in [0.15, 0.2) is 0 Å². The van der Waals surface area contributed by atoms with Crippen molar-refractivity contribution in [2.45, 2.75) is 13.0 Å². The van der Waals surface area contributed by atoms with E-state index in [4.69, 9.17) is 5.11 Å². The second-order valence-corrected chi connectivity index (χ2v) is 4.10. The van der Waals surface area contributed by atoms with Crippen LogP contribution in [0.1, 0.15) is 6.92 Å². The van der Waals surface area contributed by atoms with E-state index < -0.39 is 0 Å². The Balaban J connectivity index is 1.80. The zero-order valence-corrected chi connectivity index (χ0v) is 7.79. The highest BCUT2D eigenvalue weighted by molar-refractivity contribution is 5.82. The fraction of sp³-hybridized carbons (Fsp3) is 0.889. The Morgan fingerprint density at radius 2 is 2.23 bits per heavy atom. The summed E-state index contributed by atoms with van der Waals surface area (Å²) in [6.07, 6.45) is 0. The van der Waals surface area contributed by atoms with Crippen molar-refractivity contribution in [3.05, 3.63) is 0 Å². The lowest BCUT2D eigenvalue weighted by Crippen LogP contribution is -2.38. The first-order valence-corrected chi connectivity index (χ1v) is 4.86. The first-order valence-electron chi connectivity index (χ1n) is 4.86. The quantitative estimate of drug-likeness (QED) is 0.524. The standard InChI is InChI=1S/C9H16N2O2/c1-5(4-12)11-9(13)8-6-2-10-3-7(6)8/h5-8,10,12H,2-4H2,1H3,(H,11,13)/t5?,6-,7+,8?. The molecule has 13 heavy (non-hydrogen) atoms.